The summed E-state index contributed by atoms with van der Waals surface area (Å²) in [6, 6.07) is 0. The van der Waals surface area contributed by atoms with Gasteiger partial charge in [-0.1, -0.05) is 15.9 Å². The molecule has 4 saturated carbocycles. The second-order valence-corrected chi connectivity index (χ2v) is 11.4. The molecular formula is C18H25BrN2OS. The number of hydrogen-bond acceptors (Lipinski definition) is 3. The third-order valence-electron chi connectivity index (χ3n) is 6.12. The van der Waals surface area contributed by atoms with E-state index in [1.807, 2.05) is 25.1 Å². The van der Waals surface area contributed by atoms with Crippen molar-refractivity contribution in [3.63, 3.8) is 0 Å². The fraction of sp³-hybridized carbons (Fsp3) is 0.778. The Labute approximate surface area is 151 Å². The maximum Gasteiger partial charge on any atom is 0.223 e. The highest BCUT2D eigenvalue weighted by Crippen LogP contribution is 2.65. The standard InChI is InChI=1S/C18H25BrN2OS/c1-12-20-9-15(23-12)10-21(2)16(22)8-17-4-13-3-14(5-17)7-18(19,6-13)11-17/h9,13-14H,3-8,10-11H2,1-2H3. The molecule has 0 N–H and O–H groups in total. The zero-order valence-corrected chi connectivity index (χ0v) is 16.4. The Morgan fingerprint density at radius 1 is 1.39 bits per heavy atom. The van der Waals surface area contributed by atoms with Crippen LogP contribution < -0.4 is 0 Å². The summed E-state index contributed by atoms with van der Waals surface area (Å²) in [6.45, 7) is 2.72. The molecule has 126 valence electrons. The van der Waals surface area contributed by atoms with Gasteiger partial charge in [-0.25, -0.2) is 4.98 Å². The van der Waals surface area contributed by atoms with Crippen LogP contribution in [0.1, 0.15) is 54.8 Å². The SMILES string of the molecule is Cc1ncc(CN(C)C(=O)CC23CC4CC(CC(Br)(C4)C2)C3)s1. The molecule has 2 atom stereocenters. The minimum absolute atomic E-state index is 0.266. The van der Waals surface area contributed by atoms with Crippen LogP contribution in [0.4, 0.5) is 0 Å². The van der Waals surface area contributed by atoms with Crippen molar-refractivity contribution >= 4 is 33.2 Å². The van der Waals surface area contributed by atoms with Crippen molar-refractivity contribution in [3.8, 4) is 0 Å². The largest absolute Gasteiger partial charge is 0.341 e. The van der Waals surface area contributed by atoms with Gasteiger partial charge in [0.05, 0.1) is 11.6 Å². The summed E-state index contributed by atoms with van der Waals surface area (Å²) in [5.41, 5.74) is 0.266. The first kappa shape index (κ1) is 16.1. The molecule has 1 aromatic heterocycles. The van der Waals surface area contributed by atoms with Gasteiger partial charge in [0, 0.05) is 28.9 Å². The number of nitrogens with zero attached hydrogens (tertiary/aromatic N) is 2. The molecule has 23 heavy (non-hydrogen) atoms. The van der Waals surface area contributed by atoms with Crippen LogP contribution in [0.2, 0.25) is 0 Å². The fourth-order valence-corrected chi connectivity index (χ4v) is 8.16. The van der Waals surface area contributed by atoms with Crippen molar-refractivity contribution in [2.45, 2.75) is 62.7 Å². The summed E-state index contributed by atoms with van der Waals surface area (Å²) < 4.78 is 0.338. The number of carbonyl (C=O) groups excluding carboxylic acids is 1. The van der Waals surface area contributed by atoms with E-state index in [0.29, 0.717) is 16.8 Å². The molecule has 1 heterocycles. The van der Waals surface area contributed by atoms with Gasteiger partial charge in [0.25, 0.3) is 0 Å². The highest BCUT2D eigenvalue weighted by atomic mass is 79.9. The van der Waals surface area contributed by atoms with Gasteiger partial charge in [-0.05, 0) is 62.7 Å². The van der Waals surface area contributed by atoms with E-state index < -0.39 is 0 Å². The quantitative estimate of drug-likeness (QED) is 0.700. The summed E-state index contributed by atoms with van der Waals surface area (Å²) >= 11 is 5.73. The van der Waals surface area contributed by atoms with Crippen molar-refractivity contribution < 1.29 is 4.79 Å². The molecule has 5 rings (SSSR count). The number of alkyl halides is 1. The molecule has 5 heteroatoms. The zero-order chi connectivity index (χ0) is 16.2. The first-order chi connectivity index (χ1) is 10.8. The van der Waals surface area contributed by atoms with Gasteiger partial charge in [0.1, 0.15) is 0 Å². The summed E-state index contributed by atoms with van der Waals surface area (Å²) in [6.07, 6.45) is 10.5. The fourth-order valence-electron chi connectivity index (χ4n) is 5.80. The number of carbonyl (C=O) groups is 1. The molecule has 4 aliphatic rings. The van der Waals surface area contributed by atoms with Gasteiger partial charge in [0.15, 0.2) is 0 Å². The van der Waals surface area contributed by atoms with Crippen LogP contribution in [0.3, 0.4) is 0 Å². The smallest absolute Gasteiger partial charge is 0.223 e. The van der Waals surface area contributed by atoms with Crippen LogP contribution in [0.15, 0.2) is 6.20 Å². The highest BCUT2D eigenvalue weighted by molar-refractivity contribution is 9.10. The molecule has 1 amide bonds. The lowest BCUT2D eigenvalue weighted by Gasteiger charge is -2.60. The molecule has 4 fully saturated rings. The van der Waals surface area contributed by atoms with E-state index in [2.05, 4.69) is 20.9 Å². The third-order valence-corrected chi connectivity index (χ3v) is 7.95. The molecule has 0 aromatic carbocycles. The maximum absolute atomic E-state index is 12.8. The Morgan fingerprint density at radius 2 is 2.09 bits per heavy atom. The molecule has 0 spiro atoms. The average molecular weight is 397 g/mol. The monoisotopic (exact) mass is 396 g/mol. The van der Waals surface area contributed by atoms with Crippen LogP contribution in [-0.2, 0) is 11.3 Å². The van der Waals surface area contributed by atoms with E-state index >= 15 is 0 Å². The highest BCUT2D eigenvalue weighted by Gasteiger charge is 2.57. The first-order valence-electron chi connectivity index (χ1n) is 8.69. The molecule has 0 radical (unpaired) electrons. The van der Waals surface area contributed by atoms with Crippen LogP contribution >= 0.6 is 27.3 Å². The van der Waals surface area contributed by atoms with Crippen LogP contribution in [0.5, 0.6) is 0 Å². The van der Waals surface area contributed by atoms with Crippen LogP contribution in [0.25, 0.3) is 0 Å². The van der Waals surface area contributed by atoms with E-state index in [-0.39, 0.29) is 5.41 Å². The number of halogens is 1. The summed E-state index contributed by atoms with van der Waals surface area (Å²) in [5, 5.41) is 1.07. The maximum atomic E-state index is 12.8. The van der Waals surface area contributed by atoms with Crippen molar-refractivity contribution in [1.82, 2.24) is 9.88 Å². The van der Waals surface area contributed by atoms with Crippen molar-refractivity contribution in [3.05, 3.63) is 16.1 Å². The summed E-state index contributed by atoms with van der Waals surface area (Å²) in [5.74, 6) is 2.00. The second kappa shape index (κ2) is 5.55. The lowest BCUT2D eigenvalue weighted by atomic mass is 9.48. The minimum atomic E-state index is 0.266. The Kier molecular flexibility index (Phi) is 3.88. The van der Waals surface area contributed by atoms with Gasteiger partial charge in [-0.2, -0.15) is 0 Å². The summed E-state index contributed by atoms with van der Waals surface area (Å²) in [4.78, 5) is 20.2. The number of rotatable bonds is 4. The van der Waals surface area contributed by atoms with E-state index in [0.717, 1.165) is 23.3 Å². The zero-order valence-electron chi connectivity index (χ0n) is 14.0. The Balaban J connectivity index is 1.44. The number of aryl methyl sites for hydroxylation is 1. The molecular weight excluding hydrogens is 372 g/mol. The predicted octanol–water partition coefficient (Wildman–Crippen LogP) is 4.53. The molecule has 2 unspecified atom stereocenters. The van der Waals surface area contributed by atoms with Crippen LogP contribution in [-0.4, -0.2) is 27.2 Å². The molecule has 4 bridgehead atoms. The Bertz CT molecular complexity index is 614. The van der Waals surface area contributed by atoms with E-state index in [4.69, 9.17) is 0 Å². The Hall–Kier alpha value is -0.420. The number of hydrogen-bond donors (Lipinski definition) is 0. The van der Waals surface area contributed by atoms with Crippen molar-refractivity contribution in [1.29, 1.82) is 0 Å². The first-order valence-corrected chi connectivity index (χ1v) is 10.3. The van der Waals surface area contributed by atoms with Crippen LogP contribution in [0, 0.1) is 24.2 Å². The Morgan fingerprint density at radius 3 is 2.65 bits per heavy atom. The summed E-state index contributed by atoms with van der Waals surface area (Å²) in [7, 11) is 1.95. The molecule has 3 nitrogen and oxygen atoms in total. The minimum Gasteiger partial charge on any atom is -0.341 e. The van der Waals surface area contributed by atoms with Gasteiger partial charge < -0.3 is 4.90 Å². The van der Waals surface area contributed by atoms with Gasteiger partial charge in [0.2, 0.25) is 5.91 Å². The molecule has 0 aliphatic heterocycles. The molecule has 1 aromatic rings. The molecule has 4 aliphatic carbocycles. The van der Waals surface area contributed by atoms with Gasteiger partial charge in [-0.15, -0.1) is 11.3 Å². The van der Waals surface area contributed by atoms with E-state index in [9.17, 15) is 4.79 Å². The van der Waals surface area contributed by atoms with Gasteiger partial charge >= 0.3 is 0 Å². The predicted molar refractivity (Wildman–Crippen MR) is 96.7 cm³/mol. The van der Waals surface area contributed by atoms with Crippen molar-refractivity contribution in [2.24, 2.45) is 17.3 Å². The van der Waals surface area contributed by atoms with Gasteiger partial charge in [-0.3, -0.25) is 4.79 Å². The number of thiazole rings is 1. The lowest BCUT2D eigenvalue weighted by Crippen LogP contribution is -2.54. The van der Waals surface area contributed by atoms with E-state index in [1.165, 1.54) is 43.4 Å². The number of aromatic nitrogens is 1. The third kappa shape index (κ3) is 3.11. The van der Waals surface area contributed by atoms with Crippen molar-refractivity contribution in [2.75, 3.05) is 7.05 Å². The normalized spacial score (nSPS) is 38.0. The average Bonchev–Trinajstić information content (AvgIpc) is 2.80. The van der Waals surface area contributed by atoms with E-state index in [1.54, 1.807) is 11.3 Å². The second-order valence-electron chi connectivity index (χ2n) is 8.38. The lowest BCUT2D eigenvalue weighted by molar-refractivity contribution is -0.137. The topological polar surface area (TPSA) is 33.2 Å². The molecule has 0 saturated heterocycles. The number of amides is 1.